The van der Waals surface area contributed by atoms with Crippen molar-refractivity contribution >= 4 is 11.8 Å². The van der Waals surface area contributed by atoms with Crippen molar-refractivity contribution in [3.05, 3.63) is 45.7 Å². The first-order valence-corrected chi connectivity index (χ1v) is 12.0. The SMILES string of the molecule is CCCCCSc1nc2c(c(=O)n1CC)C1(CCCCC1)Cc1ccccc1-2. The van der Waals surface area contributed by atoms with Gasteiger partial charge in [0.2, 0.25) is 0 Å². The Bertz CT molecular complexity index is 896. The number of hydrogen-bond acceptors (Lipinski definition) is 3. The molecular formula is C24H32N2OS. The van der Waals surface area contributed by atoms with Gasteiger partial charge in [-0.2, -0.15) is 0 Å². The van der Waals surface area contributed by atoms with Crippen molar-refractivity contribution in [1.29, 1.82) is 0 Å². The molecule has 1 spiro atoms. The molecule has 1 aromatic heterocycles. The number of unbranched alkanes of at least 4 members (excludes halogenated alkanes) is 2. The Balaban J connectivity index is 1.86. The second kappa shape index (κ2) is 8.44. The first kappa shape index (κ1) is 19.8. The van der Waals surface area contributed by atoms with E-state index in [1.807, 2.05) is 4.57 Å². The van der Waals surface area contributed by atoms with Crippen LogP contribution < -0.4 is 5.56 Å². The molecule has 0 amide bonds. The van der Waals surface area contributed by atoms with Gasteiger partial charge in [-0.3, -0.25) is 9.36 Å². The standard InChI is InChI=1S/C24H32N2OS/c1-3-5-11-16-28-23-25-21-19-13-8-7-12-18(19)17-24(14-9-6-10-15-24)20(21)22(27)26(23)4-2/h7-8,12-13H,3-6,9-11,14-17H2,1-2H3. The van der Waals surface area contributed by atoms with Crippen molar-refractivity contribution in [2.45, 2.75) is 88.8 Å². The molecule has 0 N–H and O–H groups in total. The highest BCUT2D eigenvalue weighted by molar-refractivity contribution is 7.99. The predicted molar refractivity (Wildman–Crippen MR) is 118 cm³/mol. The van der Waals surface area contributed by atoms with E-state index in [-0.39, 0.29) is 11.0 Å². The zero-order chi connectivity index (χ0) is 19.6. The van der Waals surface area contributed by atoms with Crippen molar-refractivity contribution in [2.75, 3.05) is 5.75 Å². The Morgan fingerprint density at radius 2 is 1.89 bits per heavy atom. The van der Waals surface area contributed by atoms with Gasteiger partial charge in [0.15, 0.2) is 5.16 Å². The summed E-state index contributed by atoms with van der Waals surface area (Å²) in [5.41, 5.74) is 4.78. The summed E-state index contributed by atoms with van der Waals surface area (Å²) in [5, 5.41) is 0.907. The smallest absolute Gasteiger partial charge is 0.258 e. The zero-order valence-electron chi connectivity index (χ0n) is 17.3. The molecule has 1 fully saturated rings. The summed E-state index contributed by atoms with van der Waals surface area (Å²) in [6.45, 7) is 5.01. The lowest BCUT2D eigenvalue weighted by Gasteiger charge is -2.42. The van der Waals surface area contributed by atoms with Crippen LogP contribution >= 0.6 is 11.8 Å². The number of nitrogens with zero attached hydrogens (tertiary/aromatic N) is 2. The van der Waals surface area contributed by atoms with E-state index in [1.54, 1.807) is 11.8 Å². The van der Waals surface area contributed by atoms with Gasteiger partial charge in [0.05, 0.1) is 11.3 Å². The van der Waals surface area contributed by atoms with E-state index < -0.39 is 0 Å². The molecular weight excluding hydrogens is 364 g/mol. The number of aromatic nitrogens is 2. The monoisotopic (exact) mass is 396 g/mol. The number of rotatable bonds is 6. The van der Waals surface area contributed by atoms with E-state index in [0.29, 0.717) is 6.54 Å². The minimum Gasteiger partial charge on any atom is -0.288 e. The minimum absolute atomic E-state index is 0.00561. The molecule has 0 unspecified atom stereocenters. The van der Waals surface area contributed by atoms with Crippen molar-refractivity contribution in [2.24, 2.45) is 0 Å². The Kier molecular flexibility index (Phi) is 5.96. The Labute approximate surface area is 173 Å². The van der Waals surface area contributed by atoms with Gasteiger partial charge >= 0.3 is 0 Å². The van der Waals surface area contributed by atoms with E-state index in [1.165, 1.54) is 49.7 Å². The molecule has 3 nitrogen and oxygen atoms in total. The fourth-order valence-electron chi connectivity index (χ4n) is 5.13. The molecule has 1 heterocycles. The van der Waals surface area contributed by atoms with Crippen LogP contribution in [0.4, 0.5) is 0 Å². The van der Waals surface area contributed by atoms with Crippen LogP contribution in [-0.2, 0) is 18.4 Å². The Morgan fingerprint density at radius 1 is 1.11 bits per heavy atom. The summed E-state index contributed by atoms with van der Waals surface area (Å²) < 4.78 is 1.94. The average Bonchev–Trinajstić information content (AvgIpc) is 2.72. The van der Waals surface area contributed by atoms with Gasteiger partial charge in [-0.05, 0) is 38.2 Å². The lowest BCUT2D eigenvalue weighted by Crippen LogP contribution is -2.43. The molecule has 2 aliphatic rings. The maximum absolute atomic E-state index is 13.7. The predicted octanol–water partition coefficient (Wildman–Crippen LogP) is 5.97. The summed E-state index contributed by atoms with van der Waals surface area (Å²) in [5.74, 6) is 1.03. The summed E-state index contributed by atoms with van der Waals surface area (Å²) in [7, 11) is 0. The molecule has 0 atom stereocenters. The third-order valence-corrected chi connectivity index (χ3v) is 7.63. The van der Waals surface area contributed by atoms with Crippen LogP contribution in [0.15, 0.2) is 34.2 Å². The van der Waals surface area contributed by atoms with Crippen LogP contribution in [0.3, 0.4) is 0 Å². The molecule has 4 heteroatoms. The van der Waals surface area contributed by atoms with Crippen molar-refractivity contribution in [1.82, 2.24) is 9.55 Å². The van der Waals surface area contributed by atoms with Gasteiger partial charge in [-0.25, -0.2) is 4.98 Å². The van der Waals surface area contributed by atoms with Crippen molar-refractivity contribution < 1.29 is 0 Å². The lowest BCUT2D eigenvalue weighted by molar-refractivity contribution is 0.282. The van der Waals surface area contributed by atoms with Gasteiger partial charge in [-0.15, -0.1) is 0 Å². The van der Waals surface area contributed by atoms with Crippen molar-refractivity contribution in [3.63, 3.8) is 0 Å². The lowest BCUT2D eigenvalue weighted by atomic mass is 9.62. The zero-order valence-corrected chi connectivity index (χ0v) is 18.1. The molecule has 0 aliphatic heterocycles. The van der Waals surface area contributed by atoms with E-state index in [0.717, 1.165) is 41.4 Å². The molecule has 2 aromatic rings. The maximum Gasteiger partial charge on any atom is 0.258 e. The Hall–Kier alpha value is -1.55. The fraction of sp³-hybridized carbons (Fsp3) is 0.583. The van der Waals surface area contributed by atoms with Crippen molar-refractivity contribution in [3.8, 4) is 11.3 Å². The van der Waals surface area contributed by atoms with Gasteiger partial charge < -0.3 is 0 Å². The summed E-state index contributed by atoms with van der Waals surface area (Å²) >= 11 is 1.76. The van der Waals surface area contributed by atoms with Gasteiger partial charge in [0.1, 0.15) is 0 Å². The van der Waals surface area contributed by atoms with Gasteiger partial charge in [0.25, 0.3) is 5.56 Å². The highest BCUT2D eigenvalue weighted by Crippen LogP contribution is 2.48. The summed E-state index contributed by atoms with van der Waals surface area (Å²) in [4.78, 5) is 18.9. The molecule has 2 aliphatic carbocycles. The number of hydrogen-bond donors (Lipinski definition) is 0. The van der Waals surface area contributed by atoms with E-state index in [2.05, 4.69) is 38.1 Å². The molecule has 150 valence electrons. The second-order valence-corrected chi connectivity index (χ2v) is 9.46. The van der Waals surface area contributed by atoms with Crippen LogP contribution in [0.25, 0.3) is 11.3 Å². The fourth-order valence-corrected chi connectivity index (χ4v) is 6.18. The molecule has 4 rings (SSSR count). The van der Waals surface area contributed by atoms with Gasteiger partial charge in [0, 0.05) is 23.3 Å². The molecule has 0 bridgehead atoms. The molecule has 1 saturated carbocycles. The third kappa shape index (κ3) is 3.45. The van der Waals surface area contributed by atoms with Crippen LogP contribution in [0.5, 0.6) is 0 Å². The van der Waals surface area contributed by atoms with E-state index in [4.69, 9.17) is 4.98 Å². The molecule has 28 heavy (non-hydrogen) atoms. The molecule has 0 radical (unpaired) electrons. The molecule has 1 aromatic carbocycles. The highest BCUT2D eigenvalue weighted by Gasteiger charge is 2.43. The Morgan fingerprint density at radius 3 is 2.64 bits per heavy atom. The summed E-state index contributed by atoms with van der Waals surface area (Å²) in [6.07, 6.45) is 10.6. The second-order valence-electron chi connectivity index (χ2n) is 8.40. The van der Waals surface area contributed by atoms with E-state index >= 15 is 0 Å². The minimum atomic E-state index is -0.00561. The maximum atomic E-state index is 13.7. The molecule has 0 saturated heterocycles. The number of thioether (sulfide) groups is 1. The quantitative estimate of drug-likeness (QED) is 0.343. The first-order chi connectivity index (χ1) is 13.7. The largest absolute Gasteiger partial charge is 0.288 e. The first-order valence-electron chi connectivity index (χ1n) is 11.1. The average molecular weight is 397 g/mol. The van der Waals surface area contributed by atoms with E-state index in [9.17, 15) is 4.79 Å². The number of benzene rings is 1. The topological polar surface area (TPSA) is 34.9 Å². The third-order valence-electron chi connectivity index (χ3n) is 6.57. The van der Waals surface area contributed by atoms with Crippen LogP contribution in [-0.4, -0.2) is 15.3 Å². The van der Waals surface area contributed by atoms with Crippen LogP contribution in [0.2, 0.25) is 0 Å². The van der Waals surface area contributed by atoms with Crippen LogP contribution in [0.1, 0.15) is 76.3 Å². The van der Waals surface area contributed by atoms with Crippen LogP contribution in [0, 0.1) is 0 Å². The normalized spacial score (nSPS) is 17.4. The number of fused-ring (bicyclic) bond motifs is 4. The van der Waals surface area contributed by atoms with Gasteiger partial charge in [-0.1, -0.05) is 75.1 Å². The summed E-state index contributed by atoms with van der Waals surface area (Å²) in [6, 6.07) is 8.63. The highest BCUT2D eigenvalue weighted by atomic mass is 32.2.